The Labute approximate surface area is 121 Å². The van der Waals surface area contributed by atoms with E-state index in [0.29, 0.717) is 13.1 Å². The van der Waals surface area contributed by atoms with Crippen LogP contribution in [0.2, 0.25) is 0 Å². The fourth-order valence-corrected chi connectivity index (χ4v) is 3.22. The molecule has 1 aromatic carbocycles. The van der Waals surface area contributed by atoms with E-state index in [1.165, 1.54) is 5.56 Å². The van der Waals surface area contributed by atoms with Gasteiger partial charge in [0.05, 0.1) is 13.2 Å². The summed E-state index contributed by atoms with van der Waals surface area (Å²) < 4.78 is 6.78. The number of nitrogens with one attached hydrogen (secondary N) is 1. The first-order chi connectivity index (χ1) is 9.24. The molecule has 0 spiro atoms. The molecule has 0 aliphatic carbocycles. The molecule has 3 rings (SSSR count). The maximum atomic E-state index is 12.0. The van der Waals surface area contributed by atoms with Crippen molar-refractivity contribution in [3.8, 4) is 5.75 Å². The maximum Gasteiger partial charge on any atom is 0.236 e. The number of hydrogen-bond acceptors (Lipinski definition) is 3. The van der Waals surface area contributed by atoms with E-state index < -0.39 is 0 Å². The lowest BCUT2D eigenvalue weighted by molar-refractivity contribution is -0.130. The van der Waals surface area contributed by atoms with Crippen LogP contribution in [0.25, 0.3) is 0 Å². The van der Waals surface area contributed by atoms with Crippen molar-refractivity contribution in [1.29, 1.82) is 0 Å². The molecule has 0 aromatic heterocycles. The van der Waals surface area contributed by atoms with Gasteiger partial charge in [0.1, 0.15) is 5.75 Å². The Hall–Kier alpha value is -1.07. The summed E-state index contributed by atoms with van der Waals surface area (Å²) in [5, 5.41) is 3.14. The molecule has 1 saturated heterocycles. The summed E-state index contributed by atoms with van der Waals surface area (Å²) in [7, 11) is 0. The summed E-state index contributed by atoms with van der Waals surface area (Å²) in [5.74, 6) is 1.15. The van der Waals surface area contributed by atoms with Crippen LogP contribution in [0, 0.1) is 0 Å². The van der Waals surface area contributed by atoms with E-state index in [-0.39, 0.29) is 5.91 Å². The number of fused-ring (bicyclic) bond motifs is 1. The van der Waals surface area contributed by atoms with Crippen molar-refractivity contribution in [2.24, 2.45) is 0 Å². The normalized spacial score (nSPS) is 19.0. The van der Waals surface area contributed by atoms with Gasteiger partial charge in [-0.3, -0.25) is 4.79 Å². The average molecular weight is 325 g/mol. The second kappa shape index (κ2) is 5.51. The number of halogens is 1. The highest BCUT2D eigenvalue weighted by Crippen LogP contribution is 2.33. The summed E-state index contributed by atoms with van der Waals surface area (Å²) in [6.07, 6.45) is 1.96. The number of rotatable bonds is 2. The molecule has 0 radical (unpaired) electrons. The van der Waals surface area contributed by atoms with Crippen LogP contribution in [0.15, 0.2) is 16.6 Å². The zero-order valence-electron chi connectivity index (χ0n) is 10.7. The van der Waals surface area contributed by atoms with Crippen LogP contribution in [-0.4, -0.2) is 37.0 Å². The molecule has 1 N–H and O–H groups in total. The second-order valence-electron chi connectivity index (χ2n) is 5.00. The molecule has 2 aliphatic heterocycles. The predicted molar refractivity (Wildman–Crippen MR) is 76.2 cm³/mol. The molecule has 0 atom stereocenters. The third-order valence-corrected chi connectivity index (χ3v) is 4.05. The summed E-state index contributed by atoms with van der Waals surface area (Å²) in [4.78, 5) is 13.9. The monoisotopic (exact) mass is 324 g/mol. The van der Waals surface area contributed by atoms with Gasteiger partial charge in [-0.1, -0.05) is 15.9 Å². The van der Waals surface area contributed by atoms with Gasteiger partial charge in [-0.2, -0.15) is 0 Å². The first kappa shape index (κ1) is 12.9. The third-order valence-electron chi connectivity index (χ3n) is 3.60. The third kappa shape index (κ3) is 2.77. The molecular formula is C14H17BrN2O2. The van der Waals surface area contributed by atoms with Gasteiger partial charge in [0, 0.05) is 29.5 Å². The lowest BCUT2D eigenvalue weighted by atomic mass is 10.1. The number of hydrogen-bond donors (Lipinski definition) is 1. The topological polar surface area (TPSA) is 41.6 Å². The molecule has 1 fully saturated rings. The Morgan fingerprint density at radius 2 is 2.32 bits per heavy atom. The van der Waals surface area contributed by atoms with Crippen LogP contribution in [0.3, 0.4) is 0 Å². The number of carbonyl (C=O) groups is 1. The van der Waals surface area contributed by atoms with E-state index in [1.807, 2.05) is 4.90 Å². The van der Waals surface area contributed by atoms with E-state index in [1.54, 1.807) is 0 Å². The van der Waals surface area contributed by atoms with Crippen LogP contribution in [0.4, 0.5) is 0 Å². The highest BCUT2D eigenvalue weighted by molar-refractivity contribution is 9.10. The maximum absolute atomic E-state index is 12.0. The minimum atomic E-state index is 0.171. The van der Waals surface area contributed by atoms with Crippen molar-refractivity contribution in [2.45, 2.75) is 19.4 Å². The van der Waals surface area contributed by atoms with Gasteiger partial charge < -0.3 is 15.0 Å². The average Bonchev–Trinajstić information content (AvgIpc) is 2.75. The van der Waals surface area contributed by atoms with Crippen molar-refractivity contribution in [2.75, 3.05) is 26.2 Å². The Morgan fingerprint density at radius 1 is 1.42 bits per heavy atom. The molecule has 0 saturated carbocycles. The Morgan fingerprint density at radius 3 is 3.21 bits per heavy atom. The molecule has 0 unspecified atom stereocenters. The zero-order valence-corrected chi connectivity index (χ0v) is 12.3. The SMILES string of the molecule is O=C1CNCCCN1Cc1cc(Br)cc2c1OCC2. The van der Waals surface area contributed by atoms with Crippen molar-refractivity contribution in [3.63, 3.8) is 0 Å². The summed E-state index contributed by atoms with van der Waals surface area (Å²) in [6.45, 7) is 3.55. The zero-order chi connectivity index (χ0) is 13.2. The molecule has 1 aromatic rings. The van der Waals surface area contributed by atoms with Crippen LogP contribution in [0.1, 0.15) is 17.5 Å². The molecule has 1 amide bonds. The van der Waals surface area contributed by atoms with Crippen molar-refractivity contribution in [1.82, 2.24) is 10.2 Å². The fraction of sp³-hybridized carbons (Fsp3) is 0.500. The van der Waals surface area contributed by atoms with Gasteiger partial charge in [0.15, 0.2) is 0 Å². The largest absolute Gasteiger partial charge is 0.493 e. The second-order valence-corrected chi connectivity index (χ2v) is 5.91. The highest BCUT2D eigenvalue weighted by Gasteiger charge is 2.22. The number of carbonyl (C=O) groups excluding carboxylic acids is 1. The quantitative estimate of drug-likeness (QED) is 0.900. The first-order valence-electron chi connectivity index (χ1n) is 6.66. The van der Waals surface area contributed by atoms with Gasteiger partial charge in [-0.05, 0) is 30.7 Å². The lowest BCUT2D eigenvalue weighted by Crippen LogP contribution is -2.34. The van der Waals surface area contributed by atoms with Crippen molar-refractivity contribution < 1.29 is 9.53 Å². The molecule has 19 heavy (non-hydrogen) atoms. The summed E-state index contributed by atoms with van der Waals surface area (Å²) >= 11 is 3.54. The van der Waals surface area contributed by atoms with Gasteiger partial charge in [0.2, 0.25) is 5.91 Å². The molecule has 5 heteroatoms. The molecule has 2 heterocycles. The van der Waals surface area contributed by atoms with E-state index in [9.17, 15) is 4.79 Å². The van der Waals surface area contributed by atoms with Gasteiger partial charge >= 0.3 is 0 Å². The van der Waals surface area contributed by atoms with Gasteiger partial charge in [-0.15, -0.1) is 0 Å². The fourth-order valence-electron chi connectivity index (χ4n) is 2.66. The lowest BCUT2D eigenvalue weighted by Gasteiger charge is -2.21. The van der Waals surface area contributed by atoms with Crippen molar-refractivity contribution in [3.05, 3.63) is 27.7 Å². The summed E-state index contributed by atoms with van der Waals surface area (Å²) in [6, 6.07) is 4.17. The standard InChI is InChI=1S/C14H17BrN2O2/c15-12-6-10-2-5-19-14(10)11(7-12)9-17-4-1-3-16-8-13(17)18/h6-7,16H,1-5,8-9H2. The summed E-state index contributed by atoms with van der Waals surface area (Å²) in [5.41, 5.74) is 2.35. The Kier molecular flexibility index (Phi) is 3.75. The molecule has 0 bridgehead atoms. The first-order valence-corrected chi connectivity index (χ1v) is 7.46. The van der Waals surface area contributed by atoms with Crippen LogP contribution in [-0.2, 0) is 17.8 Å². The number of benzene rings is 1. The number of ether oxygens (including phenoxy) is 1. The Balaban J connectivity index is 1.84. The molecule has 4 nitrogen and oxygen atoms in total. The van der Waals surface area contributed by atoms with E-state index in [0.717, 1.165) is 48.3 Å². The van der Waals surface area contributed by atoms with Crippen LogP contribution < -0.4 is 10.1 Å². The van der Waals surface area contributed by atoms with Crippen LogP contribution in [0.5, 0.6) is 5.75 Å². The Bertz CT molecular complexity index is 504. The van der Waals surface area contributed by atoms with Gasteiger partial charge in [-0.25, -0.2) is 0 Å². The highest BCUT2D eigenvalue weighted by atomic mass is 79.9. The van der Waals surface area contributed by atoms with Gasteiger partial charge in [0.25, 0.3) is 0 Å². The van der Waals surface area contributed by atoms with Crippen molar-refractivity contribution >= 4 is 21.8 Å². The number of nitrogens with zero attached hydrogens (tertiary/aromatic N) is 1. The minimum Gasteiger partial charge on any atom is -0.493 e. The minimum absolute atomic E-state index is 0.171. The molecule has 2 aliphatic rings. The van der Waals surface area contributed by atoms with E-state index in [2.05, 4.69) is 33.4 Å². The predicted octanol–water partition coefficient (Wildman–Crippen LogP) is 1.71. The molecule has 102 valence electrons. The van der Waals surface area contributed by atoms with Crippen LogP contribution >= 0.6 is 15.9 Å². The number of amides is 1. The molecular weight excluding hydrogens is 308 g/mol. The van der Waals surface area contributed by atoms with E-state index in [4.69, 9.17) is 4.74 Å². The smallest absolute Gasteiger partial charge is 0.236 e. The van der Waals surface area contributed by atoms with E-state index >= 15 is 0 Å².